The van der Waals surface area contributed by atoms with E-state index in [-0.39, 0.29) is 11.7 Å². The van der Waals surface area contributed by atoms with Crippen molar-refractivity contribution >= 4 is 0 Å². The van der Waals surface area contributed by atoms with Gasteiger partial charge < -0.3 is 4.74 Å². The molecular formula is C13H21NO2. The molecule has 2 atom stereocenters. The number of ether oxygens (including phenoxy) is 1. The lowest BCUT2D eigenvalue weighted by Gasteiger charge is -2.47. The molecule has 0 amide bonds. The first-order valence-corrected chi connectivity index (χ1v) is 5.98. The number of nitrogens with zero attached hydrogens (tertiary/aromatic N) is 1. The first-order chi connectivity index (χ1) is 7.47. The second-order valence-electron chi connectivity index (χ2n) is 5.43. The zero-order valence-electron chi connectivity index (χ0n) is 10.4. The number of fused-ring (bicyclic) bond motifs is 1. The highest BCUT2D eigenvalue weighted by molar-refractivity contribution is 5.06. The van der Waals surface area contributed by atoms with Crippen LogP contribution in [0.15, 0.2) is 24.6 Å². The second-order valence-corrected chi connectivity index (χ2v) is 5.43. The minimum Gasteiger partial charge on any atom is -0.472 e. The van der Waals surface area contributed by atoms with Crippen molar-refractivity contribution < 1.29 is 9.57 Å². The largest absolute Gasteiger partial charge is 0.472 e. The van der Waals surface area contributed by atoms with Crippen molar-refractivity contribution in [3.8, 4) is 0 Å². The van der Waals surface area contributed by atoms with Crippen LogP contribution in [0.1, 0.15) is 40.0 Å². The Hall–Kier alpha value is -0.960. The molecule has 1 heterocycles. The number of hydrogen-bond donors (Lipinski definition) is 0. The maximum absolute atomic E-state index is 5.71. The monoisotopic (exact) mass is 223 g/mol. The zero-order valence-corrected chi connectivity index (χ0v) is 10.4. The summed E-state index contributed by atoms with van der Waals surface area (Å²) in [5, 5.41) is 1.82. The molecule has 1 aliphatic heterocycles. The maximum Gasteiger partial charge on any atom is 0.207 e. The van der Waals surface area contributed by atoms with E-state index in [0.717, 1.165) is 12.8 Å². The Labute approximate surface area is 97.7 Å². The van der Waals surface area contributed by atoms with Crippen LogP contribution in [0.3, 0.4) is 0 Å². The molecule has 2 aliphatic rings. The van der Waals surface area contributed by atoms with Crippen molar-refractivity contribution in [3.63, 3.8) is 0 Å². The minimum atomic E-state index is -0.216. The lowest BCUT2D eigenvalue weighted by molar-refractivity contribution is -0.324. The number of allylic oxidation sites excluding steroid dienone is 1. The predicted octanol–water partition coefficient (Wildman–Crippen LogP) is 3.00. The van der Waals surface area contributed by atoms with Gasteiger partial charge in [0.1, 0.15) is 11.7 Å². The van der Waals surface area contributed by atoms with Gasteiger partial charge in [-0.25, -0.2) is 5.06 Å². The van der Waals surface area contributed by atoms with Gasteiger partial charge in [0.25, 0.3) is 0 Å². The van der Waals surface area contributed by atoms with Crippen molar-refractivity contribution in [2.24, 2.45) is 0 Å². The number of rotatable bonds is 2. The van der Waals surface area contributed by atoms with Gasteiger partial charge in [-0.2, -0.15) is 0 Å². The van der Waals surface area contributed by atoms with Crippen LogP contribution in [0, 0.1) is 0 Å². The third-order valence-electron chi connectivity index (χ3n) is 2.78. The Kier molecular flexibility index (Phi) is 2.98. The third kappa shape index (κ3) is 2.40. The van der Waals surface area contributed by atoms with E-state index in [1.165, 1.54) is 6.42 Å². The molecule has 1 fully saturated rings. The Morgan fingerprint density at radius 1 is 1.50 bits per heavy atom. The lowest BCUT2D eigenvalue weighted by atomic mass is 10.0. The topological polar surface area (TPSA) is 21.7 Å². The van der Waals surface area contributed by atoms with E-state index in [9.17, 15) is 0 Å². The highest BCUT2D eigenvalue weighted by Crippen LogP contribution is 2.34. The van der Waals surface area contributed by atoms with E-state index < -0.39 is 0 Å². The highest BCUT2D eigenvalue weighted by atomic mass is 16.8. The average Bonchev–Trinajstić information content (AvgIpc) is 2.25. The summed E-state index contributed by atoms with van der Waals surface area (Å²) in [5.41, 5.74) is -0.216. The SMILES string of the molecule is C=C(OC(C)(C)C)N1OC2C=CCCCC21. The summed E-state index contributed by atoms with van der Waals surface area (Å²) in [4.78, 5) is 5.65. The first-order valence-electron chi connectivity index (χ1n) is 5.98. The van der Waals surface area contributed by atoms with Crippen molar-refractivity contribution in [3.05, 3.63) is 24.6 Å². The van der Waals surface area contributed by atoms with Crippen LogP contribution >= 0.6 is 0 Å². The van der Waals surface area contributed by atoms with Crippen LogP contribution < -0.4 is 0 Å². The molecule has 2 unspecified atom stereocenters. The molecule has 0 radical (unpaired) electrons. The molecule has 0 N–H and O–H groups in total. The summed E-state index contributed by atoms with van der Waals surface area (Å²) < 4.78 is 5.71. The van der Waals surface area contributed by atoms with Gasteiger partial charge in [-0.15, -0.1) is 0 Å². The van der Waals surface area contributed by atoms with E-state index in [4.69, 9.17) is 9.57 Å². The van der Waals surface area contributed by atoms with Crippen molar-refractivity contribution in [2.45, 2.75) is 57.8 Å². The van der Waals surface area contributed by atoms with Crippen LogP contribution in [0.4, 0.5) is 0 Å². The molecule has 3 heteroatoms. The molecule has 0 bridgehead atoms. The van der Waals surface area contributed by atoms with E-state index in [1.54, 1.807) is 0 Å². The van der Waals surface area contributed by atoms with Crippen LogP contribution in [0.5, 0.6) is 0 Å². The van der Waals surface area contributed by atoms with Crippen molar-refractivity contribution in [2.75, 3.05) is 0 Å². The molecule has 0 aromatic rings. The van der Waals surface area contributed by atoms with Crippen LogP contribution in [0.25, 0.3) is 0 Å². The molecule has 0 aromatic carbocycles. The molecule has 16 heavy (non-hydrogen) atoms. The first kappa shape index (κ1) is 11.5. The number of hydrogen-bond acceptors (Lipinski definition) is 3. The second kappa shape index (κ2) is 4.13. The smallest absolute Gasteiger partial charge is 0.207 e. The zero-order chi connectivity index (χ0) is 11.8. The predicted molar refractivity (Wildman–Crippen MR) is 63.5 cm³/mol. The molecule has 0 spiro atoms. The van der Waals surface area contributed by atoms with Crippen LogP contribution in [0.2, 0.25) is 0 Å². The van der Waals surface area contributed by atoms with E-state index in [2.05, 4.69) is 18.7 Å². The molecule has 90 valence electrons. The van der Waals surface area contributed by atoms with Crippen LogP contribution in [-0.4, -0.2) is 22.8 Å². The lowest BCUT2D eigenvalue weighted by Crippen LogP contribution is -2.56. The average molecular weight is 223 g/mol. The van der Waals surface area contributed by atoms with Gasteiger partial charge in [0.15, 0.2) is 0 Å². The van der Waals surface area contributed by atoms with Gasteiger partial charge >= 0.3 is 0 Å². The quantitative estimate of drug-likeness (QED) is 0.530. The Balaban J connectivity index is 1.93. The molecule has 3 nitrogen and oxygen atoms in total. The van der Waals surface area contributed by atoms with Crippen molar-refractivity contribution in [1.82, 2.24) is 5.06 Å². The van der Waals surface area contributed by atoms with Gasteiger partial charge in [0, 0.05) is 0 Å². The van der Waals surface area contributed by atoms with Gasteiger partial charge in [0.05, 0.1) is 6.04 Å². The summed E-state index contributed by atoms with van der Waals surface area (Å²) in [6.45, 7) is 9.99. The molecule has 2 rings (SSSR count). The summed E-state index contributed by atoms with van der Waals surface area (Å²) >= 11 is 0. The fraction of sp³-hybridized carbons (Fsp3) is 0.692. The third-order valence-corrected chi connectivity index (χ3v) is 2.78. The molecular weight excluding hydrogens is 202 g/mol. The summed E-state index contributed by atoms with van der Waals surface area (Å²) in [5.74, 6) is 0.629. The Bertz CT molecular complexity index is 304. The van der Waals surface area contributed by atoms with E-state index in [0.29, 0.717) is 11.9 Å². The summed E-state index contributed by atoms with van der Waals surface area (Å²) in [7, 11) is 0. The summed E-state index contributed by atoms with van der Waals surface area (Å²) in [6, 6.07) is 0.411. The number of hydroxylamine groups is 2. The van der Waals surface area contributed by atoms with Gasteiger partial charge in [-0.1, -0.05) is 12.2 Å². The van der Waals surface area contributed by atoms with Gasteiger partial charge in [0.2, 0.25) is 5.88 Å². The minimum absolute atomic E-state index is 0.216. The van der Waals surface area contributed by atoms with Gasteiger partial charge in [-0.05, 0) is 46.6 Å². The molecule has 0 aromatic heterocycles. The molecule has 0 saturated carbocycles. The molecule has 1 saturated heterocycles. The summed E-state index contributed by atoms with van der Waals surface area (Å²) in [6.07, 6.45) is 8.08. The Morgan fingerprint density at radius 2 is 2.25 bits per heavy atom. The molecule has 1 aliphatic carbocycles. The fourth-order valence-corrected chi connectivity index (χ4v) is 2.11. The Morgan fingerprint density at radius 3 is 2.94 bits per heavy atom. The van der Waals surface area contributed by atoms with Crippen LogP contribution in [-0.2, 0) is 9.57 Å². The maximum atomic E-state index is 5.71. The fourth-order valence-electron chi connectivity index (χ4n) is 2.11. The van der Waals surface area contributed by atoms with Crippen molar-refractivity contribution in [1.29, 1.82) is 0 Å². The van der Waals surface area contributed by atoms with E-state index >= 15 is 0 Å². The highest BCUT2D eigenvalue weighted by Gasteiger charge is 2.41. The normalized spacial score (nSPS) is 29.1. The van der Waals surface area contributed by atoms with Gasteiger partial charge in [-0.3, -0.25) is 4.84 Å². The van der Waals surface area contributed by atoms with E-state index in [1.807, 2.05) is 25.8 Å². The standard InChI is InChI=1S/C13H21NO2/c1-10(15-13(2,3)4)14-11-8-6-5-7-9-12(11)16-14/h7,9,11-12H,1,5-6,8H2,2-4H3.